The number of piperidine rings is 1. The highest BCUT2D eigenvalue weighted by atomic mass is 16.1. The molecule has 4 rings (SSSR count). The van der Waals surface area contributed by atoms with E-state index in [9.17, 15) is 9.59 Å². The molecular formula is C48H91N3O2. The monoisotopic (exact) mass is 742 g/mol. The highest BCUT2D eigenvalue weighted by Gasteiger charge is 2.33. The first-order valence-corrected chi connectivity index (χ1v) is 21.4. The number of fused-ring (bicyclic) bond motifs is 1. The number of Topliss-reactive ketones (excluding diaryl/α,β-unsaturated/α-hetero) is 2. The maximum Gasteiger partial charge on any atom is 0.137 e. The van der Waals surface area contributed by atoms with Crippen molar-refractivity contribution >= 4 is 11.6 Å². The minimum Gasteiger partial charge on any atom is -0.299 e. The van der Waals surface area contributed by atoms with E-state index in [1.54, 1.807) is 12.5 Å². The Kier molecular flexibility index (Phi) is 21.6. The van der Waals surface area contributed by atoms with Crippen molar-refractivity contribution in [1.82, 2.24) is 14.7 Å². The summed E-state index contributed by atoms with van der Waals surface area (Å²) in [7, 11) is 0. The molecule has 0 atom stereocenters. The number of benzene rings is 1. The number of ketones is 2. The van der Waals surface area contributed by atoms with Crippen molar-refractivity contribution in [3.63, 3.8) is 0 Å². The van der Waals surface area contributed by atoms with Crippen LogP contribution in [-0.2, 0) is 29.0 Å². The maximum atomic E-state index is 10.8. The SMILES string of the molecule is CC(=O)C(C)(C)C.CCC(=O)C(C)(C)C.CCC1CCN(C(C)(C)C)CC1.CCC1CN(C(C)(C)C)C1.CCc1ccc2c(c1)CCN(C(C)(C)C)C2. The second-order valence-corrected chi connectivity index (χ2v) is 21.0. The molecule has 0 radical (unpaired) electrons. The summed E-state index contributed by atoms with van der Waals surface area (Å²) in [6.45, 7) is 50.2. The summed E-state index contributed by atoms with van der Waals surface area (Å²) in [6, 6.07) is 7.01. The van der Waals surface area contributed by atoms with Gasteiger partial charge in [0.25, 0.3) is 0 Å². The second-order valence-electron chi connectivity index (χ2n) is 21.0. The summed E-state index contributed by atoms with van der Waals surface area (Å²) in [5, 5.41) is 0. The molecule has 1 aromatic rings. The highest BCUT2D eigenvalue weighted by Crippen LogP contribution is 2.28. The van der Waals surface area contributed by atoms with Crippen molar-refractivity contribution in [2.45, 2.75) is 207 Å². The summed E-state index contributed by atoms with van der Waals surface area (Å²) in [6.07, 6.45) is 8.56. The molecule has 3 aliphatic rings. The molecule has 310 valence electrons. The molecular weight excluding hydrogens is 651 g/mol. The second kappa shape index (κ2) is 22.2. The first-order chi connectivity index (χ1) is 24.0. The van der Waals surface area contributed by atoms with Crippen LogP contribution in [0.2, 0.25) is 0 Å². The third-order valence-corrected chi connectivity index (χ3v) is 11.5. The molecule has 2 saturated heterocycles. The highest BCUT2D eigenvalue weighted by molar-refractivity contribution is 5.83. The van der Waals surface area contributed by atoms with Crippen LogP contribution in [0.15, 0.2) is 18.2 Å². The topological polar surface area (TPSA) is 43.9 Å². The van der Waals surface area contributed by atoms with Crippen molar-refractivity contribution in [3.05, 3.63) is 34.9 Å². The van der Waals surface area contributed by atoms with Crippen molar-refractivity contribution in [2.75, 3.05) is 32.7 Å². The number of aryl methyl sites for hydroxylation is 1. The predicted molar refractivity (Wildman–Crippen MR) is 234 cm³/mol. The Labute approximate surface area is 331 Å². The number of nitrogens with zero attached hydrogens (tertiary/aromatic N) is 3. The Balaban J connectivity index is 0.000000661. The van der Waals surface area contributed by atoms with Crippen LogP contribution in [0.5, 0.6) is 0 Å². The van der Waals surface area contributed by atoms with Crippen molar-refractivity contribution in [3.8, 4) is 0 Å². The summed E-state index contributed by atoms with van der Waals surface area (Å²) in [5.74, 6) is 2.56. The van der Waals surface area contributed by atoms with Gasteiger partial charge in [-0.05, 0) is 137 Å². The van der Waals surface area contributed by atoms with Gasteiger partial charge in [-0.25, -0.2) is 0 Å². The van der Waals surface area contributed by atoms with Gasteiger partial charge >= 0.3 is 0 Å². The predicted octanol–water partition coefficient (Wildman–Crippen LogP) is 12.1. The summed E-state index contributed by atoms with van der Waals surface area (Å²) in [4.78, 5) is 29.0. The Bertz CT molecular complexity index is 1190. The van der Waals surface area contributed by atoms with E-state index < -0.39 is 0 Å². The molecule has 0 unspecified atom stereocenters. The maximum absolute atomic E-state index is 10.8. The fraction of sp³-hybridized carbons (Fsp3) is 0.833. The zero-order valence-corrected chi connectivity index (χ0v) is 39.2. The fourth-order valence-electron chi connectivity index (χ4n) is 6.32. The van der Waals surface area contributed by atoms with Gasteiger partial charge in [0.05, 0.1) is 0 Å². The van der Waals surface area contributed by atoms with Crippen molar-refractivity contribution in [1.29, 1.82) is 0 Å². The van der Waals surface area contributed by atoms with Crippen molar-refractivity contribution in [2.24, 2.45) is 22.7 Å². The number of rotatable bonds is 4. The molecule has 0 aromatic heterocycles. The van der Waals surface area contributed by atoms with Crippen LogP contribution in [0.3, 0.4) is 0 Å². The van der Waals surface area contributed by atoms with Crippen LogP contribution < -0.4 is 0 Å². The van der Waals surface area contributed by atoms with E-state index in [-0.39, 0.29) is 16.6 Å². The van der Waals surface area contributed by atoms with Gasteiger partial charge in [-0.15, -0.1) is 0 Å². The lowest BCUT2D eigenvalue weighted by Gasteiger charge is -2.47. The molecule has 5 nitrogen and oxygen atoms in total. The lowest BCUT2D eigenvalue weighted by molar-refractivity contribution is -0.126. The van der Waals surface area contributed by atoms with Gasteiger partial charge in [-0.1, -0.05) is 100 Å². The average molecular weight is 742 g/mol. The molecule has 0 N–H and O–H groups in total. The van der Waals surface area contributed by atoms with Crippen molar-refractivity contribution < 1.29 is 9.59 Å². The summed E-state index contributed by atoms with van der Waals surface area (Å²) >= 11 is 0. The van der Waals surface area contributed by atoms with E-state index in [0.29, 0.717) is 28.8 Å². The number of likely N-dealkylation sites (tertiary alicyclic amines) is 2. The molecule has 0 aliphatic carbocycles. The third kappa shape index (κ3) is 20.3. The molecule has 53 heavy (non-hydrogen) atoms. The van der Waals surface area contributed by atoms with Crippen LogP contribution in [0, 0.1) is 22.7 Å². The number of hydrogen-bond donors (Lipinski definition) is 0. The molecule has 1 aromatic carbocycles. The van der Waals surface area contributed by atoms with E-state index in [2.05, 4.69) is 116 Å². The Morgan fingerprint density at radius 3 is 1.38 bits per heavy atom. The minimum absolute atomic E-state index is 0.130. The van der Waals surface area contributed by atoms with Gasteiger partial charge in [0, 0.05) is 60.0 Å². The van der Waals surface area contributed by atoms with E-state index in [0.717, 1.165) is 24.8 Å². The van der Waals surface area contributed by atoms with Crippen LogP contribution in [0.25, 0.3) is 0 Å². The first kappa shape index (κ1) is 51.4. The molecule has 5 heteroatoms. The van der Waals surface area contributed by atoms with Gasteiger partial charge in [0.1, 0.15) is 11.6 Å². The van der Waals surface area contributed by atoms with E-state index >= 15 is 0 Å². The molecule has 0 bridgehead atoms. The van der Waals surface area contributed by atoms with Gasteiger partial charge < -0.3 is 0 Å². The normalized spacial score (nSPS) is 18.0. The summed E-state index contributed by atoms with van der Waals surface area (Å²) < 4.78 is 0. The van der Waals surface area contributed by atoms with Gasteiger partial charge in [-0.2, -0.15) is 0 Å². The van der Waals surface area contributed by atoms with Crippen LogP contribution in [0.1, 0.15) is 187 Å². The number of carbonyl (C=O) groups is 2. The smallest absolute Gasteiger partial charge is 0.137 e. The van der Waals surface area contributed by atoms with E-state index in [1.165, 1.54) is 76.0 Å². The third-order valence-electron chi connectivity index (χ3n) is 11.5. The van der Waals surface area contributed by atoms with E-state index in [1.807, 2.05) is 48.5 Å². The molecule has 2 fully saturated rings. The van der Waals surface area contributed by atoms with Gasteiger partial charge in [0.15, 0.2) is 0 Å². The lowest BCUT2D eigenvalue weighted by Crippen LogP contribution is -2.55. The molecule has 3 aliphatic heterocycles. The largest absolute Gasteiger partial charge is 0.299 e. The Morgan fingerprint density at radius 1 is 0.604 bits per heavy atom. The van der Waals surface area contributed by atoms with Crippen LogP contribution in [0.4, 0.5) is 0 Å². The van der Waals surface area contributed by atoms with Crippen LogP contribution in [-0.4, -0.2) is 75.6 Å². The molecule has 0 spiro atoms. The van der Waals surface area contributed by atoms with Gasteiger partial charge in [0.2, 0.25) is 0 Å². The molecule has 3 heterocycles. The van der Waals surface area contributed by atoms with E-state index in [4.69, 9.17) is 0 Å². The average Bonchev–Trinajstić information content (AvgIpc) is 3.02. The lowest BCUT2D eigenvalue weighted by atomic mass is 9.90. The number of carbonyl (C=O) groups excluding carboxylic acids is 2. The number of hydrogen-bond acceptors (Lipinski definition) is 5. The molecule has 0 amide bonds. The summed E-state index contributed by atoms with van der Waals surface area (Å²) in [5.41, 5.74) is 5.39. The first-order valence-electron chi connectivity index (χ1n) is 21.4. The molecule has 0 saturated carbocycles. The minimum atomic E-state index is -0.139. The standard InChI is InChI=1S/C15H23N.C11H23N.C9H19N.C7H14O.C6H12O/c1-5-12-6-7-14-11-16(15(2,3)4)9-8-13(14)10-12;1-5-10-6-8-12(9-7-10)11(2,3)4;1-5-8-6-10(7-8)9(2,3)4;1-5-6(8)7(2,3)4;1-5(7)6(2,3)4/h6-7,10H,5,8-9,11H2,1-4H3;10H,5-9H2,1-4H3;8H,5-7H2,1-4H3;5H2,1-4H3;1-4H3. The Hall–Kier alpha value is -1.56. The fourth-order valence-corrected chi connectivity index (χ4v) is 6.32. The Morgan fingerprint density at radius 2 is 1.06 bits per heavy atom. The van der Waals surface area contributed by atoms with Gasteiger partial charge in [-0.3, -0.25) is 24.3 Å². The quantitative estimate of drug-likeness (QED) is 0.307. The van der Waals surface area contributed by atoms with Crippen LogP contribution >= 0.6 is 0 Å². The zero-order chi connectivity index (χ0) is 41.6. The zero-order valence-electron chi connectivity index (χ0n) is 39.2.